The molecule has 0 aliphatic carbocycles. The van der Waals surface area contributed by atoms with E-state index in [0.29, 0.717) is 6.42 Å². The molecule has 0 aliphatic heterocycles. The number of hydrogen-bond donors (Lipinski definition) is 1. The first-order valence-electron chi connectivity index (χ1n) is 6.94. The maximum Gasteiger partial charge on any atom is 0.311 e. The summed E-state index contributed by atoms with van der Waals surface area (Å²) in [5.41, 5.74) is 3.96. The van der Waals surface area contributed by atoms with Gasteiger partial charge in [-0.15, -0.1) is 0 Å². The Bertz CT molecular complexity index is 629. The van der Waals surface area contributed by atoms with Gasteiger partial charge in [0, 0.05) is 0 Å². The van der Waals surface area contributed by atoms with Gasteiger partial charge in [-0.2, -0.15) is 0 Å². The van der Waals surface area contributed by atoms with Crippen molar-refractivity contribution in [2.75, 3.05) is 7.11 Å². The van der Waals surface area contributed by atoms with Crippen LogP contribution in [0, 0.1) is 13.8 Å². The summed E-state index contributed by atoms with van der Waals surface area (Å²) in [6.45, 7) is 3.98. The third-order valence-corrected chi connectivity index (χ3v) is 3.64. The Kier molecular flexibility index (Phi) is 4.63. The van der Waals surface area contributed by atoms with Crippen molar-refractivity contribution in [1.29, 1.82) is 0 Å². The molecule has 21 heavy (non-hydrogen) atoms. The molecule has 0 saturated carbocycles. The lowest BCUT2D eigenvalue weighted by Gasteiger charge is -2.16. The van der Waals surface area contributed by atoms with Crippen LogP contribution >= 0.6 is 0 Å². The molecule has 0 spiro atoms. The number of aryl methyl sites for hydroxylation is 2. The summed E-state index contributed by atoms with van der Waals surface area (Å²) in [7, 11) is 1.61. The van der Waals surface area contributed by atoms with Crippen molar-refractivity contribution in [3.8, 4) is 5.75 Å². The van der Waals surface area contributed by atoms with E-state index in [-0.39, 0.29) is 0 Å². The number of ether oxygens (including phenoxy) is 1. The Morgan fingerprint density at radius 2 is 1.71 bits per heavy atom. The average Bonchev–Trinajstić information content (AvgIpc) is 2.46. The Balaban J connectivity index is 2.35. The molecule has 0 radical (unpaired) electrons. The molecular weight excluding hydrogens is 264 g/mol. The standard InChI is InChI=1S/C18H20O3/c1-12-4-7-14(8-5-12)16(18(19)20)11-15-10-13(2)6-9-17(15)21-3/h4-10,16H,11H2,1-3H3,(H,19,20). The molecule has 0 aromatic heterocycles. The summed E-state index contributed by atoms with van der Waals surface area (Å²) in [4.78, 5) is 11.6. The number of rotatable bonds is 5. The average molecular weight is 284 g/mol. The summed E-state index contributed by atoms with van der Waals surface area (Å²) < 4.78 is 5.34. The normalized spacial score (nSPS) is 12.0. The van der Waals surface area contributed by atoms with Crippen molar-refractivity contribution in [2.24, 2.45) is 0 Å². The quantitative estimate of drug-likeness (QED) is 0.910. The topological polar surface area (TPSA) is 46.5 Å². The fraction of sp³-hybridized carbons (Fsp3) is 0.278. The third-order valence-electron chi connectivity index (χ3n) is 3.64. The van der Waals surface area contributed by atoms with E-state index in [1.807, 2.05) is 56.3 Å². The number of methoxy groups -OCH3 is 1. The molecule has 0 fully saturated rings. The zero-order valence-corrected chi connectivity index (χ0v) is 12.6. The lowest BCUT2D eigenvalue weighted by Crippen LogP contribution is -2.15. The first-order chi connectivity index (χ1) is 10.0. The molecule has 0 aliphatic rings. The maximum absolute atomic E-state index is 11.6. The Morgan fingerprint density at radius 3 is 2.29 bits per heavy atom. The van der Waals surface area contributed by atoms with E-state index in [9.17, 15) is 9.90 Å². The van der Waals surface area contributed by atoms with Crippen molar-refractivity contribution in [3.63, 3.8) is 0 Å². The van der Waals surface area contributed by atoms with Crippen LogP contribution in [0.25, 0.3) is 0 Å². The van der Waals surface area contributed by atoms with E-state index in [1.165, 1.54) is 0 Å². The van der Waals surface area contributed by atoms with Crippen LogP contribution in [0.4, 0.5) is 0 Å². The van der Waals surface area contributed by atoms with E-state index in [0.717, 1.165) is 28.0 Å². The van der Waals surface area contributed by atoms with E-state index < -0.39 is 11.9 Å². The minimum absolute atomic E-state index is 0.420. The van der Waals surface area contributed by atoms with Crippen molar-refractivity contribution in [1.82, 2.24) is 0 Å². The highest BCUT2D eigenvalue weighted by atomic mass is 16.5. The molecule has 2 rings (SSSR count). The summed E-state index contributed by atoms with van der Waals surface area (Å²) in [6.07, 6.45) is 0.420. The first kappa shape index (κ1) is 15.1. The van der Waals surface area contributed by atoms with Gasteiger partial charge in [0.05, 0.1) is 13.0 Å². The SMILES string of the molecule is COc1ccc(C)cc1CC(C(=O)O)c1ccc(C)cc1. The van der Waals surface area contributed by atoms with Crippen molar-refractivity contribution >= 4 is 5.97 Å². The van der Waals surface area contributed by atoms with E-state index >= 15 is 0 Å². The lowest BCUT2D eigenvalue weighted by atomic mass is 9.90. The third kappa shape index (κ3) is 3.63. The molecule has 2 aromatic carbocycles. The fourth-order valence-electron chi connectivity index (χ4n) is 2.43. The van der Waals surface area contributed by atoms with Gasteiger partial charge in [0.1, 0.15) is 5.75 Å². The van der Waals surface area contributed by atoms with Crippen LogP contribution in [0.3, 0.4) is 0 Å². The van der Waals surface area contributed by atoms with Gasteiger partial charge >= 0.3 is 5.97 Å². The largest absolute Gasteiger partial charge is 0.496 e. The minimum atomic E-state index is -0.817. The predicted molar refractivity (Wildman–Crippen MR) is 83.0 cm³/mol. The molecule has 3 nitrogen and oxygen atoms in total. The summed E-state index contributed by atoms with van der Waals surface area (Å²) in [5.74, 6) is -0.650. The molecular formula is C18H20O3. The van der Waals surface area contributed by atoms with Gasteiger partial charge < -0.3 is 9.84 Å². The Labute approximate surface area is 125 Å². The number of carboxylic acid groups (broad SMARTS) is 1. The van der Waals surface area contributed by atoms with Gasteiger partial charge in [-0.3, -0.25) is 4.79 Å². The number of carbonyl (C=O) groups is 1. The second-order valence-corrected chi connectivity index (χ2v) is 5.32. The number of hydrogen-bond acceptors (Lipinski definition) is 2. The van der Waals surface area contributed by atoms with Crippen LogP contribution in [-0.2, 0) is 11.2 Å². The van der Waals surface area contributed by atoms with Crippen molar-refractivity contribution < 1.29 is 14.6 Å². The van der Waals surface area contributed by atoms with Crippen LogP contribution in [0.2, 0.25) is 0 Å². The molecule has 3 heteroatoms. The highest BCUT2D eigenvalue weighted by molar-refractivity contribution is 5.76. The zero-order valence-electron chi connectivity index (χ0n) is 12.6. The highest BCUT2D eigenvalue weighted by Crippen LogP contribution is 2.28. The second-order valence-electron chi connectivity index (χ2n) is 5.32. The Hall–Kier alpha value is -2.29. The van der Waals surface area contributed by atoms with Crippen molar-refractivity contribution in [3.05, 3.63) is 64.7 Å². The molecule has 0 amide bonds. The molecule has 110 valence electrons. The van der Waals surface area contributed by atoms with Crippen LogP contribution in [0.5, 0.6) is 5.75 Å². The minimum Gasteiger partial charge on any atom is -0.496 e. The number of benzene rings is 2. The van der Waals surface area contributed by atoms with Crippen LogP contribution < -0.4 is 4.74 Å². The predicted octanol–water partition coefficient (Wildman–Crippen LogP) is 3.72. The van der Waals surface area contributed by atoms with Gasteiger partial charge in [0.2, 0.25) is 0 Å². The molecule has 2 aromatic rings. The van der Waals surface area contributed by atoms with Gasteiger partial charge in [-0.1, -0.05) is 47.5 Å². The highest BCUT2D eigenvalue weighted by Gasteiger charge is 2.22. The van der Waals surface area contributed by atoms with Crippen LogP contribution in [0.1, 0.15) is 28.2 Å². The molecule has 0 bridgehead atoms. The molecule has 1 N–H and O–H groups in total. The van der Waals surface area contributed by atoms with Gasteiger partial charge in [0.15, 0.2) is 0 Å². The molecule has 1 unspecified atom stereocenters. The van der Waals surface area contributed by atoms with Gasteiger partial charge in [0.25, 0.3) is 0 Å². The second kappa shape index (κ2) is 6.44. The molecule has 0 saturated heterocycles. The maximum atomic E-state index is 11.6. The Morgan fingerprint density at radius 1 is 1.10 bits per heavy atom. The van der Waals surface area contributed by atoms with E-state index in [4.69, 9.17) is 4.74 Å². The van der Waals surface area contributed by atoms with E-state index in [2.05, 4.69) is 0 Å². The van der Waals surface area contributed by atoms with Gasteiger partial charge in [-0.25, -0.2) is 0 Å². The molecule has 0 heterocycles. The van der Waals surface area contributed by atoms with Crippen LogP contribution in [0.15, 0.2) is 42.5 Å². The summed E-state index contributed by atoms with van der Waals surface area (Å²) in [6, 6.07) is 13.5. The zero-order chi connectivity index (χ0) is 15.4. The lowest BCUT2D eigenvalue weighted by molar-refractivity contribution is -0.138. The smallest absolute Gasteiger partial charge is 0.311 e. The summed E-state index contributed by atoms with van der Waals surface area (Å²) >= 11 is 0. The van der Waals surface area contributed by atoms with Crippen molar-refractivity contribution in [2.45, 2.75) is 26.2 Å². The van der Waals surface area contributed by atoms with Gasteiger partial charge in [-0.05, 0) is 37.5 Å². The molecule has 1 atom stereocenters. The van der Waals surface area contributed by atoms with E-state index in [1.54, 1.807) is 7.11 Å². The fourth-order valence-corrected chi connectivity index (χ4v) is 2.43. The monoisotopic (exact) mass is 284 g/mol. The summed E-state index contributed by atoms with van der Waals surface area (Å²) in [5, 5.41) is 9.55. The first-order valence-corrected chi connectivity index (χ1v) is 6.94. The number of carboxylic acids is 1. The number of aliphatic carboxylic acids is 1. The van der Waals surface area contributed by atoms with Crippen LogP contribution in [-0.4, -0.2) is 18.2 Å².